The van der Waals surface area contributed by atoms with Crippen LogP contribution in [-0.4, -0.2) is 19.0 Å². The number of aryl methyl sites for hydroxylation is 3. The Labute approximate surface area is 252 Å². The Hall–Kier alpha value is -3.05. The van der Waals surface area contributed by atoms with Gasteiger partial charge >= 0.3 is 0 Å². The van der Waals surface area contributed by atoms with E-state index in [1.807, 2.05) is 41.8 Å². The zero-order chi connectivity index (χ0) is 27.2. The van der Waals surface area contributed by atoms with Crippen LogP contribution in [0.2, 0.25) is 0 Å². The maximum absolute atomic E-state index is 8.81. The van der Waals surface area contributed by atoms with Gasteiger partial charge in [-0.1, -0.05) is 51.3 Å². The molecule has 210 valence electrons. The van der Waals surface area contributed by atoms with Crippen LogP contribution >= 0.6 is 34.0 Å². The smallest absolute Gasteiger partial charge is 0.101 e. The first kappa shape index (κ1) is 33.2. The molecule has 0 spiro atoms. The van der Waals surface area contributed by atoms with Crippen molar-refractivity contribution in [2.24, 2.45) is 5.73 Å². The summed E-state index contributed by atoms with van der Waals surface area (Å²) in [4.78, 5) is 2.22. The lowest BCUT2D eigenvalue weighted by molar-refractivity contribution is 0.404. The molecule has 0 radical (unpaired) electrons. The first-order valence-electron chi connectivity index (χ1n) is 12.5. The van der Waals surface area contributed by atoms with Gasteiger partial charge in [0.05, 0.1) is 5.56 Å². The number of benzene rings is 3. The number of rotatable bonds is 3. The minimum Gasteiger partial charge on any atom is -0.326 e. The van der Waals surface area contributed by atoms with Gasteiger partial charge in [-0.25, -0.2) is 0 Å². The lowest BCUT2D eigenvalue weighted by Crippen LogP contribution is -2.10. The number of nitrogens with two attached hydrogens (primary N) is 1. The number of hydrogen-bond acceptors (Lipinski definition) is 6. The molecule has 0 aliphatic heterocycles. The van der Waals surface area contributed by atoms with E-state index >= 15 is 0 Å². The molecule has 0 unspecified atom stereocenters. The molecule has 0 fully saturated rings. The third kappa shape index (κ3) is 7.37. The molecule has 3 aromatic heterocycles. The molecule has 0 amide bonds. The number of fused-ring (bicyclic) bond motifs is 3. The highest BCUT2D eigenvalue weighted by atomic mass is 32.1. The van der Waals surface area contributed by atoms with Crippen LogP contribution < -0.4 is 5.73 Å². The fourth-order valence-corrected chi connectivity index (χ4v) is 7.68. The third-order valence-corrected chi connectivity index (χ3v) is 9.34. The van der Waals surface area contributed by atoms with Crippen molar-refractivity contribution in [3.05, 3.63) is 104 Å². The predicted molar refractivity (Wildman–Crippen MR) is 183 cm³/mol. The Kier molecular flexibility index (Phi) is 12.5. The van der Waals surface area contributed by atoms with Gasteiger partial charge in [-0.15, -0.1) is 34.0 Å². The highest BCUT2D eigenvalue weighted by Crippen LogP contribution is 2.30. The lowest BCUT2D eigenvalue weighted by Gasteiger charge is -2.09. The van der Waals surface area contributed by atoms with Gasteiger partial charge in [-0.05, 0) is 102 Å². The molecule has 40 heavy (non-hydrogen) atoms. The van der Waals surface area contributed by atoms with Crippen LogP contribution in [0, 0.1) is 32.1 Å². The van der Waals surface area contributed by atoms with Crippen molar-refractivity contribution in [3.63, 3.8) is 0 Å². The fraction of sp³-hybridized carbons (Fsp3) is 0.265. The molecule has 0 saturated carbocycles. The maximum Gasteiger partial charge on any atom is 0.101 e. The van der Waals surface area contributed by atoms with E-state index in [-0.39, 0.29) is 14.9 Å². The van der Waals surface area contributed by atoms with Gasteiger partial charge < -0.3 is 10.6 Å². The van der Waals surface area contributed by atoms with E-state index in [4.69, 9.17) is 11.0 Å². The monoisotopic (exact) mass is 587 g/mol. The van der Waals surface area contributed by atoms with E-state index in [0.29, 0.717) is 6.54 Å². The summed E-state index contributed by atoms with van der Waals surface area (Å²) in [7, 11) is 4.23. The molecule has 3 aromatic carbocycles. The average Bonchev–Trinajstić information content (AvgIpc) is 3.63. The van der Waals surface area contributed by atoms with Crippen molar-refractivity contribution < 1.29 is 0 Å². The van der Waals surface area contributed by atoms with Crippen LogP contribution in [0.4, 0.5) is 0 Å². The van der Waals surface area contributed by atoms with Crippen LogP contribution in [0.15, 0.2) is 70.7 Å². The van der Waals surface area contributed by atoms with Crippen molar-refractivity contribution >= 4 is 64.3 Å². The second-order valence-corrected chi connectivity index (χ2v) is 12.3. The zero-order valence-electron chi connectivity index (χ0n) is 22.5. The molecule has 3 heterocycles. The summed E-state index contributed by atoms with van der Waals surface area (Å²) >= 11 is 5.25. The molecule has 0 aliphatic carbocycles. The summed E-state index contributed by atoms with van der Waals surface area (Å²) in [5.41, 5.74) is 13.1. The van der Waals surface area contributed by atoms with E-state index < -0.39 is 0 Å². The van der Waals surface area contributed by atoms with Crippen molar-refractivity contribution in [3.8, 4) is 6.07 Å². The molecule has 3 nitrogen and oxygen atoms in total. The molecular weight excluding hydrogens is 547 g/mol. The molecule has 6 rings (SSSR count). The Morgan fingerprint density at radius 1 is 0.675 bits per heavy atom. The predicted octanol–water partition coefficient (Wildman–Crippen LogP) is 10.3. The van der Waals surface area contributed by atoms with Crippen LogP contribution in [0.5, 0.6) is 0 Å². The quantitative estimate of drug-likeness (QED) is 0.224. The van der Waals surface area contributed by atoms with Crippen molar-refractivity contribution in [2.45, 2.75) is 48.7 Å². The van der Waals surface area contributed by atoms with Crippen molar-refractivity contribution in [1.82, 2.24) is 4.90 Å². The Balaban J connectivity index is 0.000000206. The SMILES string of the molecule is C.C.Cc1cccc2scc(C#N)c12.Cc1cccc2scc(CN(C)C)c12.Cc1cccc2scc(CN)c12. The topological polar surface area (TPSA) is 53.0 Å². The van der Waals surface area contributed by atoms with Gasteiger partial charge in [-0.3, -0.25) is 0 Å². The zero-order valence-corrected chi connectivity index (χ0v) is 25.0. The minimum absolute atomic E-state index is 0. The Morgan fingerprint density at radius 2 is 1.10 bits per heavy atom. The summed E-state index contributed by atoms with van der Waals surface area (Å²) in [6.07, 6.45) is 0. The van der Waals surface area contributed by atoms with E-state index in [0.717, 1.165) is 17.5 Å². The van der Waals surface area contributed by atoms with E-state index in [9.17, 15) is 0 Å². The molecule has 2 N–H and O–H groups in total. The van der Waals surface area contributed by atoms with Crippen molar-refractivity contribution in [2.75, 3.05) is 14.1 Å². The molecule has 0 aliphatic rings. The molecule has 0 saturated heterocycles. The van der Waals surface area contributed by atoms with Crippen LogP contribution in [0.1, 0.15) is 48.2 Å². The van der Waals surface area contributed by atoms with E-state index in [2.05, 4.69) is 86.1 Å². The summed E-state index contributed by atoms with van der Waals surface area (Å²) in [6.45, 7) is 8.04. The molecule has 6 heteroatoms. The van der Waals surface area contributed by atoms with E-state index in [1.165, 1.54) is 52.7 Å². The highest BCUT2D eigenvalue weighted by Gasteiger charge is 2.07. The maximum atomic E-state index is 8.81. The second-order valence-electron chi connectivity index (χ2n) is 9.57. The number of hydrogen-bond donors (Lipinski definition) is 1. The van der Waals surface area contributed by atoms with Gasteiger partial charge in [0.2, 0.25) is 0 Å². The fourth-order valence-electron chi connectivity index (χ4n) is 4.64. The first-order chi connectivity index (χ1) is 18.3. The van der Waals surface area contributed by atoms with E-state index in [1.54, 1.807) is 22.7 Å². The van der Waals surface area contributed by atoms with Gasteiger partial charge in [-0.2, -0.15) is 5.26 Å². The van der Waals surface area contributed by atoms with Gasteiger partial charge in [0, 0.05) is 38.0 Å². The first-order valence-corrected chi connectivity index (χ1v) is 15.1. The van der Waals surface area contributed by atoms with Gasteiger partial charge in [0.25, 0.3) is 0 Å². The normalized spacial score (nSPS) is 10.2. The highest BCUT2D eigenvalue weighted by molar-refractivity contribution is 7.18. The summed E-state index contributed by atoms with van der Waals surface area (Å²) in [5.74, 6) is 0. The standard InChI is InChI=1S/C12H15NS.C10H11NS.C10H7NS.2CH4/c1-9-5-4-6-11-12(9)10(8-14-11)7-13(2)3;2*1-7-3-2-4-9-10(7)8(5-11)6-12-9;;/h4-6,8H,7H2,1-3H3;2-4,6H,5,11H2,1H3;2-4,6H,1H3;2*1H4. The van der Waals surface area contributed by atoms with Crippen LogP contribution in [0.3, 0.4) is 0 Å². The largest absolute Gasteiger partial charge is 0.326 e. The average molecular weight is 588 g/mol. The van der Waals surface area contributed by atoms with Gasteiger partial charge in [0.1, 0.15) is 6.07 Å². The molecule has 0 atom stereocenters. The van der Waals surface area contributed by atoms with Crippen molar-refractivity contribution in [1.29, 1.82) is 5.26 Å². The lowest BCUT2D eigenvalue weighted by atomic mass is 10.1. The summed E-state index contributed by atoms with van der Waals surface area (Å²) in [6, 6.07) is 21.2. The number of nitrogens with zero attached hydrogens (tertiary/aromatic N) is 2. The van der Waals surface area contributed by atoms with Crippen LogP contribution in [-0.2, 0) is 13.1 Å². The summed E-state index contributed by atoms with van der Waals surface area (Å²) in [5, 5.41) is 19.1. The Morgan fingerprint density at radius 3 is 1.57 bits per heavy atom. The molecular formula is C34H41N3S3. The number of thiophene rings is 3. The molecule has 0 bridgehead atoms. The molecule has 6 aromatic rings. The van der Waals surface area contributed by atoms with Gasteiger partial charge in [0.15, 0.2) is 0 Å². The minimum atomic E-state index is 0. The van der Waals surface area contributed by atoms with Crippen LogP contribution in [0.25, 0.3) is 30.3 Å². The Bertz CT molecular complexity index is 1710. The summed E-state index contributed by atoms with van der Waals surface area (Å²) < 4.78 is 3.95. The second kappa shape index (κ2) is 15.1. The number of nitriles is 1. The third-order valence-electron chi connectivity index (χ3n) is 6.40.